The van der Waals surface area contributed by atoms with Crippen LogP contribution in [0.25, 0.3) is 0 Å². The van der Waals surface area contributed by atoms with Crippen molar-refractivity contribution >= 4 is 29.5 Å². The molecule has 1 aromatic heterocycles. The Kier molecular flexibility index (Phi) is 6.93. The van der Waals surface area contributed by atoms with Crippen LogP contribution in [0.1, 0.15) is 23.6 Å². The van der Waals surface area contributed by atoms with E-state index in [2.05, 4.69) is 36.6 Å². The van der Waals surface area contributed by atoms with E-state index in [0.717, 1.165) is 50.0 Å². The number of benzene rings is 1. The number of aliphatic carboxylic acids is 1. The Hall–Kier alpha value is -2.66. The molecule has 2 aromatic rings. The van der Waals surface area contributed by atoms with Gasteiger partial charge in [-0.05, 0) is 30.0 Å². The summed E-state index contributed by atoms with van der Waals surface area (Å²) in [6.45, 7) is 3.77. The van der Waals surface area contributed by atoms with Crippen LogP contribution in [0.5, 0.6) is 0 Å². The third-order valence-electron chi connectivity index (χ3n) is 4.72. The van der Waals surface area contributed by atoms with Gasteiger partial charge in [-0.2, -0.15) is 18.2 Å². The number of carbonyl (C=O) groups is 1. The summed E-state index contributed by atoms with van der Waals surface area (Å²) in [6, 6.07) is 6.29. The number of rotatable bonds is 3. The molecule has 4 rings (SSSR count). The highest BCUT2D eigenvalue weighted by Crippen LogP contribution is 2.36. The van der Waals surface area contributed by atoms with Crippen LogP contribution >= 0.6 is 11.6 Å². The minimum Gasteiger partial charge on any atom is -0.475 e. The van der Waals surface area contributed by atoms with E-state index in [-0.39, 0.29) is 6.04 Å². The van der Waals surface area contributed by atoms with Crippen LogP contribution in [0.3, 0.4) is 0 Å². The first-order valence-electron chi connectivity index (χ1n) is 9.24. The number of alkyl halides is 3. The lowest BCUT2D eigenvalue weighted by atomic mass is 10.1. The maximum absolute atomic E-state index is 10.6. The van der Waals surface area contributed by atoms with Crippen molar-refractivity contribution in [2.24, 2.45) is 0 Å². The predicted molar refractivity (Wildman–Crippen MR) is 105 cm³/mol. The topological polar surface area (TPSA) is 103 Å². The van der Waals surface area contributed by atoms with Crippen molar-refractivity contribution in [3.63, 3.8) is 0 Å². The molecule has 1 atom stereocenters. The van der Waals surface area contributed by atoms with Gasteiger partial charge in [0.1, 0.15) is 6.33 Å². The second kappa shape index (κ2) is 9.43. The first-order chi connectivity index (χ1) is 14.3. The summed E-state index contributed by atoms with van der Waals surface area (Å²) < 4.78 is 31.7. The normalized spacial score (nSPS) is 18.3. The maximum Gasteiger partial charge on any atom is 0.490 e. The molecule has 1 aliphatic heterocycles. The highest BCUT2D eigenvalue weighted by atomic mass is 35.5. The second-order valence-corrected chi connectivity index (χ2v) is 7.10. The number of carboxylic acids is 1. The van der Waals surface area contributed by atoms with Gasteiger partial charge in [0.25, 0.3) is 0 Å². The number of nitrogens with zero attached hydrogens (tertiary/aromatic N) is 4. The van der Waals surface area contributed by atoms with E-state index in [4.69, 9.17) is 21.5 Å². The molecule has 1 aromatic carbocycles. The first kappa shape index (κ1) is 22.0. The van der Waals surface area contributed by atoms with Crippen molar-refractivity contribution in [3.8, 4) is 0 Å². The highest BCUT2D eigenvalue weighted by molar-refractivity contribution is 6.31. The maximum atomic E-state index is 10.6. The summed E-state index contributed by atoms with van der Waals surface area (Å²) in [5.74, 6) is -1.38. The van der Waals surface area contributed by atoms with E-state index in [1.54, 1.807) is 6.33 Å². The zero-order chi connectivity index (χ0) is 21.7. The Bertz CT molecular complexity index is 892. The fraction of sp³-hybridized carbons (Fsp3) is 0.444. The zero-order valence-electron chi connectivity index (χ0n) is 15.8. The third-order valence-corrected chi connectivity index (χ3v) is 5.07. The molecule has 1 fully saturated rings. The minimum absolute atomic E-state index is 0.210. The molecule has 12 heteroatoms. The average molecular weight is 445 g/mol. The number of anilines is 2. The van der Waals surface area contributed by atoms with Gasteiger partial charge in [-0.15, -0.1) is 0 Å². The fourth-order valence-electron chi connectivity index (χ4n) is 3.29. The standard InChI is InChI=1S/C16H19ClN6.C2HF3O2/c17-13-3-1-2-12-11(13)4-5-14(12)21-15-19-10-20-16(22-15)23-8-6-18-7-9-23;3-2(4,5)1(6)7/h1-3,10,14,18H,4-9H2,(H,19,20,21,22);(H,6,7). The summed E-state index contributed by atoms with van der Waals surface area (Å²) >= 11 is 6.28. The number of nitrogens with one attached hydrogen (secondary N) is 2. The molecule has 2 heterocycles. The van der Waals surface area contributed by atoms with Crippen molar-refractivity contribution in [3.05, 3.63) is 40.7 Å². The van der Waals surface area contributed by atoms with Crippen molar-refractivity contribution in [1.29, 1.82) is 0 Å². The Balaban J connectivity index is 0.000000318. The molecule has 0 spiro atoms. The van der Waals surface area contributed by atoms with Crippen LogP contribution in [-0.4, -0.2) is 58.4 Å². The van der Waals surface area contributed by atoms with Crippen molar-refractivity contribution in [1.82, 2.24) is 20.3 Å². The van der Waals surface area contributed by atoms with Crippen molar-refractivity contribution in [2.75, 3.05) is 36.4 Å². The molecule has 0 bridgehead atoms. The Morgan fingerprint density at radius 1 is 1.27 bits per heavy atom. The van der Waals surface area contributed by atoms with Gasteiger partial charge in [0.2, 0.25) is 11.9 Å². The van der Waals surface area contributed by atoms with Gasteiger partial charge >= 0.3 is 12.1 Å². The van der Waals surface area contributed by atoms with E-state index < -0.39 is 12.1 Å². The van der Waals surface area contributed by atoms with E-state index >= 15 is 0 Å². The largest absolute Gasteiger partial charge is 0.490 e. The van der Waals surface area contributed by atoms with Gasteiger partial charge in [0, 0.05) is 31.2 Å². The zero-order valence-corrected chi connectivity index (χ0v) is 16.5. The Labute approximate surface area is 175 Å². The van der Waals surface area contributed by atoms with Crippen LogP contribution in [0.15, 0.2) is 24.5 Å². The lowest BCUT2D eigenvalue weighted by Gasteiger charge is -2.27. The van der Waals surface area contributed by atoms with Crippen LogP contribution in [0.2, 0.25) is 5.02 Å². The lowest BCUT2D eigenvalue weighted by Crippen LogP contribution is -2.44. The molecule has 30 heavy (non-hydrogen) atoms. The van der Waals surface area contributed by atoms with Gasteiger partial charge in [0.05, 0.1) is 6.04 Å². The molecule has 0 amide bonds. The molecule has 3 N–H and O–H groups in total. The van der Waals surface area contributed by atoms with Crippen LogP contribution < -0.4 is 15.5 Å². The van der Waals surface area contributed by atoms with Gasteiger partial charge in [-0.3, -0.25) is 0 Å². The number of fused-ring (bicyclic) bond motifs is 1. The summed E-state index contributed by atoms with van der Waals surface area (Å²) in [5, 5.41) is 14.7. The number of hydrogen-bond donors (Lipinski definition) is 3. The summed E-state index contributed by atoms with van der Waals surface area (Å²) in [6.07, 6.45) is -1.50. The predicted octanol–water partition coefficient (Wildman–Crippen LogP) is 2.67. The molecular weight excluding hydrogens is 425 g/mol. The second-order valence-electron chi connectivity index (χ2n) is 6.69. The molecule has 0 saturated carbocycles. The van der Waals surface area contributed by atoms with E-state index in [0.29, 0.717) is 5.95 Å². The van der Waals surface area contributed by atoms with Crippen LogP contribution in [0.4, 0.5) is 25.1 Å². The molecule has 162 valence electrons. The van der Waals surface area contributed by atoms with Gasteiger partial charge in [0.15, 0.2) is 0 Å². The summed E-state index contributed by atoms with van der Waals surface area (Å²) in [7, 11) is 0. The summed E-state index contributed by atoms with van der Waals surface area (Å²) in [5.41, 5.74) is 2.49. The number of carboxylic acid groups (broad SMARTS) is 1. The van der Waals surface area contributed by atoms with Crippen LogP contribution in [0, 0.1) is 0 Å². The van der Waals surface area contributed by atoms with Crippen molar-refractivity contribution < 1.29 is 23.1 Å². The first-order valence-corrected chi connectivity index (χ1v) is 9.62. The molecule has 1 unspecified atom stereocenters. The smallest absolute Gasteiger partial charge is 0.475 e. The van der Waals surface area contributed by atoms with E-state index in [1.807, 2.05) is 12.1 Å². The van der Waals surface area contributed by atoms with E-state index in [1.165, 1.54) is 11.1 Å². The quantitative estimate of drug-likeness (QED) is 0.664. The Morgan fingerprint density at radius 3 is 2.63 bits per heavy atom. The number of piperazine rings is 1. The third kappa shape index (κ3) is 5.48. The van der Waals surface area contributed by atoms with Crippen LogP contribution in [-0.2, 0) is 11.2 Å². The Morgan fingerprint density at radius 2 is 1.97 bits per heavy atom. The monoisotopic (exact) mass is 444 g/mol. The average Bonchev–Trinajstić information content (AvgIpc) is 3.13. The van der Waals surface area contributed by atoms with Crippen molar-refractivity contribution in [2.45, 2.75) is 25.1 Å². The molecule has 2 aliphatic rings. The molecule has 8 nitrogen and oxygen atoms in total. The molecular formula is C18H20ClF3N6O2. The number of halogens is 4. The van der Waals surface area contributed by atoms with Gasteiger partial charge in [-0.1, -0.05) is 23.7 Å². The number of aromatic nitrogens is 3. The summed E-state index contributed by atoms with van der Waals surface area (Å²) in [4.78, 5) is 24.3. The lowest BCUT2D eigenvalue weighted by molar-refractivity contribution is -0.192. The molecule has 0 radical (unpaired) electrons. The van der Waals surface area contributed by atoms with E-state index in [9.17, 15) is 13.2 Å². The van der Waals surface area contributed by atoms with Gasteiger partial charge in [-0.25, -0.2) is 14.8 Å². The van der Waals surface area contributed by atoms with Gasteiger partial charge < -0.3 is 20.6 Å². The molecule has 1 aliphatic carbocycles. The minimum atomic E-state index is -5.08. The highest BCUT2D eigenvalue weighted by Gasteiger charge is 2.38. The molecule has 1 saturated heterocycles. The SMILES string of the molecule is Clc1cccc2c1CCC2Nc1ncnc(N2CCNCC2)n1.O=C(O)C(F)(F)F. The fourth-order valence-corrected chi connectivity index (χ4v) is 3.57. The number of hydrogen-bond acceptors (Lipinski definition) is 7.